The minimum Gasteiger partial charge on any atom is -0.351 e. The fraction of sp³-hybridized carbons (Fsp3) is 0.278. The smallest absolute Gasteiger partial charge is 0.284 e. The number of benzene rings is 2. The summed E-state index contributed by atoms with van der Waals surface area (Å²) in [6.07, 6.45) is 0. The lowest BCUT2D eigenvalue weighted by molar-refractivity contribution is -0.387. The molecule has 144 valence electrons. The molecule has 2 aromatic carbocycles. The zero-order chi connectivity index (χ0) is 19.8. The Hall–Kier alpha value is -2.49. The summed E-state index contributed by atoms with van der Waals surface area (Å²) >= 11 is 1.14. The van der Waals surface area contributed by atoms with Crippen molar-refractivity contribution in [2.75, 3.05) is 33.2 Å². The first-order valence-corrected chi connectivity index (χ1v) is 9.11. The van der Waals surface area contributed by atoms with Crippen LogP contribution >= 0.6 is 11.8 Å². The second-order valence-electron chi connectivity index (χ2n) is 5.84. The van der Waals surface area contributed by atoms with E-state index in [0.717, 1.165) is 18.3 Å². The highest BCUT2D eigenvalue weighted by atomic mass is 32.2. The fourth-order valence-corrected chi connectivity index (χ4v) is 3.21. The van der Waals surface area contributed by atoms with Crippen molar-refractivity contribution in [1.82, 2.24) is 10.2 Å². The topological polar surface area (TPSA) is 102 Å². The molecule has 2 rings (SSSR count). The summed E-state index contributed by atoms with van der Waals surface area (Å²) in [5, 5.41) is 14.1. The monoisotopic (exact) mass is 392 g/mol. The van der Waals surface area contributed by atoms with Crippen LogP contribution < -0.4 is 11.1 Å². The molecule has 0 bridgehead atoms. The van der Waals surface area contributed by atoms with Gasteiger partial charge in [0.1, 0.15) is 5.82 Å². The van der Waals surface area contributed by atoms with Gasteiger partial charge in [0.15, 0.2) is 0 Å². The van der Waals surface area contributed by atoms with Crippen LogP contribution in [0.5, 0.6) is 0 Å². The van der Waals surface area contributed by atoms with Crippen LogP contribution in [0.15, 0.2) is 52.3 Å². The van der Waals surface area contributed by atoms with Crippen molar-refractivity contribution in [3.8, 4) is 0 Å². The van der Waals surface area contributed by atoms with Crippen LogP contribution in [0.1, 0.15) is 10.4 Å². The van der Waals surface area contributed by atoms with Gasteiger partial charge in [-0.2, -0.15) is 0 Å². The lowest BCUT2D eigenvalue weighted by Gasteiger charge is -2.15. The number of nitrogens with one attached hydrogen (secondary N) is 1. The lowest BCUT2D eigenvalue weighted by Crippen LogP contribution is -2.35. The molecule has 0 aliphatic carbocycles. The van der Waals surface area contributed by atoms with Gasteiger partial charge in [-0.05, 0) is 43.4 Å². The highest BCUT2D eigenvalue weighted by Gasteiger charge is 2.18. The molecule has 9 heteroatoms. The molecule has 0 spiro atoms. The van der Waals surface area contributed by atoms with Crippen LogP contribution in [-0.2, 0) is 0 Å². The Balaban J connectivity index is 2.08. The van der Waals surface area contributed by atoms with Crippen LogP contribution in [0.25, 0.3) is 0 Å². The van der Waals surface area contributed by atoms with E-state index in [2.05, 4.69) is 5.32 Å². The molecule has 3 N–H and O–H groups in total. The number of carbonyl (C=O) groups is 1. The molecule has 0 unspecified atom stereocenters. The Kier molecular flexibility index (Phi) is 7.71. The molecule has 2 aromatic rings. The number of nitrogens with two attached hydrogens (primary N) is 1. The van der Waals surface area contributed by atoms with E-state index in [1.54, 1.807) is 12.1 Å². The highest BCUT2D eigenvalue weighted by Crippen LogP contribution is 2.35. The number of nitro groups is 1. The summed E-state index contributed by atoms with van der Waals surface area (Å²) in [5.41, 5.74) is 5.51. The van der Waals surface area contributed by atoms with Crippen molar-refractivity contribution in [3.63, 3.8) is 0 Å². The lowest BCUT2D eigenvalue weighted by atomic mass is 10.2. The van der Waals surface area contributed by atoms with E-state index in [1.165, 1.54) is 30.3 Å². The maximum Gasteiger partial charge on any atom is 0.284 e. The number of rotatable bonds is 9. The Labute approximate surface area is 160 Å². The first-order chi connectivity index (χ1) is 12.9. The van der Waals surface area contributed by atoms with Crippen molar-refractivity contribution in [2.24, 2.45) is 5.73 Å². The van der Waals surface area contributed by atoms with Gasteiger partial charge in [0, 0.05) is 42.7 Å². The van der Waals surface area contributed by atoms with Gasteiger partial charge >= 0.3 is 0 Å². The minimum absolute atomic E-state index is 0.169. The Bertz CT molecular complexity index is 802. The van der Waals surface area contributed by atoms with E-state index in [1.807, 2.05) is 11.9 Å². The average molecular weight is 392 g/mol. The van der Waals surface area contributed by atoms with Gasteiger partial charge < -0.3 is 16.0 Å². The summed E-state index contributed by atoms with van der Waals surface area (Å²) in [7, 11) is 1.89. The number of likely N-dealkylation sites (N-methyl/N-ethyl adjacent to an activating group) is 1. The van der Waals surface area contributed by atoms with E-state index in [9.17, 15) is 19.3 Å². The van der Waals surface area contributed by atoms with Crippen LogP contribution in [0.3, 0.4) is 0 Å². The van der Waals surface area contributed by atoms with Gasteiger partial charge in [-0.3, -0.25) is 14.9 Å². The maximum atomic E-state index is 13.0. The van der Waals surface area contributed by atoms with E-state index >= 15 is 0 Å². The number of hydrogen-bond donors (Lipinski definition) is 2. The summed E-state index contributed by atoms with van der Waals surface area (Å²) < 4.78 is 13.0. The number of nitro benzene ring substituents is 1. The van der Waals surface area contributed by atoms with E-state index < -0.39 is 4.92 Å². The Morgan fingerprint density at radius 1 is 1.26 bits per heavy atom. The standard InChI is InChI=1S/C18H21FN4O3S/c1-22(10-8-20)11-9-21-18(24)13-2-7-17(16(12-13)23(25)26)27-15-5-3-14(19)4-6-15/h2-7,12H,8-11,20H2,1H3,(H,21,24). The number of nitrogens with zero attached hydrogens (tertiary/aromatic N) is 2. The van der Waals surface area contributed by atoms with Crippen molar-refractivity contribution in [1.29, 1.82) is 0 Å². The molecule has 0 fully saturated rings. The zero-order valence-corrected chi connectivity index (χ0v) is 15.7. The van der Waals surface area contributed by atoms with Gasteiger partial charge in [0.05, 0.1) is 9.82 Å². The van der Waals surface area contributed by atoms with Crippen LogP contribution in [0, 0.1) is 15.9 Å². The SMILES string of the molecule is CN(CCN)CCNC(=O)c1ccc(Sc2ccc(F)cc2)c([N+](=O)[O-])c1. The molecule has 27 heavy (non-hydrogen) atoms. The molecule has 0 aliphatic rings. The molecule has 0 atom stereocenters. The summed E-state index contributed by atoms with van der Waals surface area (Å²) in [6.45, 7) is 2.29. The Morgan fingerprint density at radius 2 is 1.96 bits per heavy atom. The van der Waals surface area contributed by atoms with Crippen molar-refractivity contribution >= 4 is 23.4 Å². The third-order valence-corrected chi connectivity index (χ3v) is 4.82. The largest absolute Gasteiger partial charge is 0.351 e. The van der Waals surface area contributed by atoms with E-state index in [4.69, 9.17) is 5.73 Å². The van der Waals surface area contributed by atoms with Gasteiger partial charge in [0.2, 0.25) is 0 Å². The Morgan fingerprint density at radius 3 is 2.59 bits per heavy atom. The minimum atomic E-state index is -0.530. The highest BCUT2D eigenvalue weighted by molar-refractivity contribution is 7.99. The third kappa shape index (κ3) is 6.31. The molecule has 0 saturated heterocycles. The second-order valence-corrected chi connectivity index (χ2v) is 6.96. The first-order valence-electron chi connectivity index (χ1n) is 8.29. The number of carbonyl (C=O) groups excluding carboxylic acids is 1. The molecular formula is C18H21FN4O3S. The van der Waals surface area contributed by atoms with Crippen LogP contribution in [0.4, 0.5) is 10.1 Å². The van der Waals surface area contributed by atoms with Crippen molar-refractivity contribution in [2.45, 2.75) is 9.79 Å². The predicted octanol–water partition coefficient (Wildman–Crippen LogP) is 2.51. The first kappa shape index (κ1) is 20.8. The molecule has 0 aromatic heterocycles. The summed E-state index contributed by atoms with van der Waals surface area (Å²) in [4.78, 5) is 26.1. The van der Waals surface area contributed by atoms with Gasteiger partial charge in [0.25, 0.3) is 11.6 Å². The number of hydrogen-bond acceptors (Lipinski definition) is 6. The van der Waals surface area contributed by atoms with Crippen LogP contribution in [0.2, 0.25) is 0 Å². The molecule has 0 saturated carbocycles. The quantitative estimate of drug-likeness (QED) is 0.502. The summed E-state index contributed by atoms with van der Waals surface area (Å²) in [6, 6.07) is 9.99. The normalized spacial score (nSPS) is 10.8. The van der Waals surface area contributed by atoms with Crippen LogP contribution in [-0.4, -0.2) is 49.0 Å². The molecule has 0 aliphatic heterocycles. The number of amides is 1. The molecule has 1 amide bonds. The summed E-state index contributed by atoms with van der Waals surface area (Å²) in [5.74, 6) is -0.754. The number of halogens is 1. The second kappa shape index (κ2) is 10.0. The van der Waals surface area contributed by atoms with Crippen molar-refractivity contribution < 1.29 is 14.1 Å². The average Bonchev–Trinajstić information content (AvgIpc) is 2.64. The molecule has 7 nitrogen and oxygen atoms in total. The van der Waals surface area contributed by atoms with Gasteiger partial charge in [-0.1, -0.05) is 11.8 Å². The molecule has 0 heterocycles. The molecule has 0 radical (unpaired) electrons. The molecular weight excluding hydrogens is 371 g/mol. The fourth-order valence-electron chi connectivity index (χ4n) is 2.31. The van der Waals surface area contributed by atoms with Gasteiger partial charge in [-0.15, -0.1) is 0 Å². The van der Waals surface area contributed by atoms with E-state index in [-0.39, 0.29) is 23.0 Å². The third-order valence-electron chi connectivity index (χ3n) is 3.75. The maximum absolute atomic E-state index is 13.0. The van der Waals surface area contributed by atoms with Gasteiger partial charge in [-0.25, -0.2) is 4.39 Å². The predicted molar refractivity (Wildman–Crippen MR) is 103 cm³/mol. The van der Waals surface area contributed by atoms with E-state index in [0.29, 0.717) is 29.4 Å². The zero-order valence-electron chi connectivity index (χ0n) is 14.9. The van der Waals surface area contributed by atoms with Crippen molar-refractivity contribution in [3.05, 3.63) is 64.0 Å².